The number of ether oxygens (including phenoxy) is 1. The smallest absolute Gasteiger partial charge is 0.133 e. The van der Waals surface area contributed by atoms with Crippen molar-refractivity contribution in [2.75, 3.05) is 6.61 Å². The number of nitrogens with one attached hydrogen (secondary N) is 1. The van der Waals surface area contributed by atoms with Gasteiger partial charge in [0.2, 0.25) is 0 Å². The van der Waals surface area contributed by atoms with Gasteiger partial charge in [0.1, 0.15) is 5.75 Å². The molecule has 21 heavy (non-hydrogen) atoms. The van der Waals surface area contributed by atoms with Crippen molar-refractivity contribution < 1.29 is 4.74 Å². The highest BCUT2D eigenvalue weighted by Crippen LogP contribution is 2.27. The SMILES string of the molecule is CCCCC(CC)COc1ccc(CNC(C)C)cc1Br. The largest absolute Gasteiger partial charge is 0.492 e. The van der Waals surface area contributed by atoms with Crippen molar-refractivity contribution in [2.45, 2.75) is 66.0 Å². The van der Waals surface area contributed by atoms with Gasteiger partial charge in [-0.25, -0.2) is 0 Å². The van der Waals surface area contributed by atoms with Gasteiger partial charge in [-0.2, -0.15) is 0 Å². The molecule has 0 aromatic heterocycles. The van der Waals surface area contributed by atoms with E-state index < -0.39 is 0 Å². The van der Waals surface area contributed by atoms with Gasteiger partial charge in [0.25, 0.3) is 0 Å². The second kappa shape index (κ2) is 10.2. The molecule has 0 aliphatic rings. The normalized spacial score (nSPS) is 12.7. The Kier molecular flexibility index (Phi) is 9.02. The molecule has 0 heterocycles. The fourth-order valence-corrected chi connectivity index (χ4v) is 2.74. The molecule has 2 nitrogen and oxygen atoms in total. The molecule has 1 rings (SSSR count). The molecule has 1 unspecified atom stereocenters. The summed E-state index contributed by atoms with van der Waals surface area (Å²) in [5.74, 6) is 1.62. The summed E-state index contributed by atoms with van der Waals surface area (Å²) >= 11 is 3.63. The van der Waals surface area contributed by atoms with Crippen molar-refractivity contribution in [3.8, 4) is 5.75 Å². The Balaban J connectivity index is 2.51. The molecule has 0 aliphatic heterocycles. The van der Waals surface area contributed by atoms with Gasteiger partial charge >= 0.3 is 0 Å². The first-order chi connectivity index (χ1) is 10.1. The lowest BCUT2D eigenvalue weighted by atomic mass is 10.0. The lowest BCUT2D eigenvalue weighted by molar-refractivity contribution is 0.232. The molecule has 0 amide bonds. The summed E-state index contributed by atoms with van der Waals surface area (Å²) in [4.78, 5) is 0. The zero-order chi connectivity index (χ0) is 15.7. The molecule has 0 saturated carbocycles. The standard InChI is InChI=1S/C18H30BrNO/c1-5-7-8-15(6-2)13-21-18-10-9-16(11-17(18)19)12-20-14(3)4/h9-11,14-15,20H,5-8,12-13H2,1-4H3. The van der Waals surface area contributed by atoms with E-state index in [2.05, 4.69) is 67.1 Å². The third-order valence-corrected chi connectivity index (χ3v) is 4.35. The van der Waals surface area contributed by atoms with Gasteiger partial charge in [-0.3, -0.25) is 0 Å². The second-order valence-electron chi connectivity index (χ2n) is 6.03. The topological polar surface area (TPSA) is 21.3 Å². The number of benzene rings is 1. The Bertz CT molecular complexity index is 406. The van der Waals surface area contributed by atoms with Gasteiger partial charge in [0, 0.05) is 12.6 Å². The first-order valence-corrected chi connectivity index (χ1v) is 9.00. The highest BCUT2D eigenvalue weighted by Gasteiger charge is 2.09. The molecule has 0 saturated heterocycles. The van der Waals surface area contributed by atoms with Crippen LogP contribution in [0.3, 0.4) is 0 Å². The molecule has 0 radical (unpaired) electrons. The molecular formula is C18H30BrNO. The Labute approximate surface area is 138 Å². The van der Waals surface area contributed by atoms with Crippen LogP contribution in [0.1, 0.15) is 58.9 Å². The van der Waals surface area contributed by atoms with E-state index in [0.29, 0.717) is 12.0 Å². The highest BCUT2D eigenvalue weighted by atomic mass is 79.9. The average molecular weight is 356 g/mol. The zero-order valence-electron chi connectivity index (χ0n) is 13.9. The first-order valence-electron chi connectivity index (χ1n) is 8.21. The summed E-state index contributed by atoms with van der Waals surface area (Å²) in [7, 11) is 0. The Morgan fingerprint density at radius 1 is 1.24 bits per heavy atom. The minimum absolute atomic E-state index is 0.503. The van der Waals surface area contributed by atoms with Crippen molar-refractivity contribution in [2.24, 2.45) is 5.92 Å². The number of halogens is 1. The van der Waals surface area contributed by atoms with E-state index in [1.807, 2.05) is 0 Å². The molecule has 0 fully saturated rings. The highest BCUT2D eigenvalue weighted by molar-refractivity contribution is 9.10. The van der Waals surface area contributed by atoms with Crippen LogP contribution in [-0.2, 0) is 6.54 Å². The van der Waals surface area contributed by atoms with Gasteiger partial charge in [-0.1, -0.05) is 53.0 Å². The molecule has 0 spiro atoms. The summed E-state index contributed by atoms with van der Waals surface area (Å²) in [6.45, 7) is 10.5. The van der Waals surface area contributed by atoms with E-state index in [1.165, 1.54) is 31.2 Å². The van der Waals surface area contributed by atoms with Crippen LogP contribution in [0.15, 0.2) is 22.7 Å². The van der Waals surface area contributed by atoms with E-state index in [9.17, 15) is 0 Å². The van der Waals surface area contributed by atoms with Crippen LogP contribution >= 0.6 is 15.9 Å². The number of rotatable bonds is 10. The van der Waals surface area contributed by atoms with Crippen molar-refractivity contribution in [1.29, 1.82) is 0 Å². The minimum atomic E-state index is 0.503. The minimum Gasteiger partial charge on any atom is -0.492 e. The summed E-state index contributed by atoms with van der Waals surface area (Å²) in [5, 5.41) is 3.43. The maximum atomic E-state index is 6.00. The Morgan fingerprint density at radius 2 is 2.00 bits per heavy atom. The molecule has 1 N–H and O–H groups in total. The lowest BCUT2D eigenvalue weighted by Crippen LogP contribution is -2.21. The lowest BCUT2D eigenvalue weighted by Gasteiger charge is -2.17. The van der Waals surface area contributed by atoms with Crippen LogP contribution in [-0.4, -0.2) is 12.6 Å². The van der Waals surface area contributed by atoms with Gasteiger partial charge < -0.3 is 10.1 Å². The summed E-state index contributed by atoms with van der Waals surface area (Å²) < 4.78 is 7.05. The van der Waals surface area contributed by atoms with Gasteiger partial charge in [0.15, 0.2) is 0 Å². The van der Waals surface area contributed by atoms with Crippen LogP contribution < -0.4 is 10.1 Å². The van der Waals surface area contributed by atoms with Crippen molar-refractivity contribution in [3.63, 3.8) is 0 Å². The van der Waals surface area contributed by atoms with E-state index in [-0.39, 0.29) is 0 Å². The third kappa shape index (κ3) is 7.32. The number of unbranched alkanes of at least 4 members (excludes halogenated alkanes) is 1. The first kappa shape index (κ1) is 18.5. The fourth-order valence-electron chi connectivity index (χ4n) is 2.20. The van der Waals surface area contributed by atoms with Gasteiger partial charge in [0.05, 0.1) is 11.1 Å². The Hall–Kier alpha value is -0.540. The second-order valence-corrected chi connectivity index (χ2v) is 6.88. The van der Waals surface area contributed by atoms with Crippen molar-refractivity contribution in [1.82, 2.24) is 5.32 Å². The molecule has 0 aliphatic carbocycles. The van der Waals surface area contributed by atoms with E-state index in [4.69, 9.17) is 4.74 Å². The van der Waals surface area contributed by atoms with Crippen LogP contribution in [0.5, 0.6) is 5.75 Å². The van der Waals surface area contributed by atoms with Crippen LogP contribution in [0.2, 0.25) is 0 Å². The van der Waals surface area contributed by atoms with Crippen molar-refractivity contribution in [3.05, 3.63) is 28.2 Å². The van der Waals surface area contributed by atoms with Crippen LogP contribution in [0.25, 0.3) is 0 Å². The van der Waals surface area contributed by atoms with E-state index in [0.717, 1.165) is 23.4 Å². The monoisotopic (exact) mass is 355 g/mol. The molecule has 3 heteroatoms. The van der Waals surface area contributed by atoms with E-state index >= 15 is 0 Å². The summed E-state index contributed by atoms with van der Waals surface area (Å²) in [6, 6.07) is 6.87. The van der Waals surface area contributed by atoms with Crippen LogP contribution in [0.4, 0.5) is 0 Å². The number of hydrogen-bond acceptors (Lipinski definition) is 2. The predicted octanol–water partition coefficient (Wildman–Crippen LogP) is 5.54. The summed E-state index contributed by atoms with van der Waals surface area (Å²) in [5.41, 5.74) is 1.28. The molecule has 0 bridgehead atoms. The zero-order valence-corrected chi connectivity index (χ0v) is 15.5. The average Bonchev–Trinajstić information content (AvgIpc) is 2.46. The molecular weight excluding hydrogens is 326 g/mol. The fraction of sp³-hybridized carbons (Fsp3) is 0.667. The van der Waals surface area contributed by atoms with Crippen molar-refractivity contribution >= 4 is 15.9 Å². The predicted molar refractivity (Wildman–Crippen MR) is 94.9 cm³/mol. The molecule has 1 aromatic carbocycles. The maximum absolute atomic E-state index is 6.00. The maximum Gasteiger partial charge on any atom is 0.133 e. The van der Waals surface area contributed by atoms with E-state index in [1.54, 1.807) is 0 Å². The molecule has 1 aromatic rings. The van der Waals surface area contributed by atoms with Crippen LogP contribution in [0, 0.1) is 5.92 Å². The molecule has 120 valence electrons. The third-order valence-electron chi connectivity index (χ3n) is 3.73. The van der Waals surface area contributed by atoms with Gasteiger partial charge in [-0.15, -0.1) is 0 Å². The summed E-state index contributed by atoms with van der Waals surface area (Å²) in [6.07, 6.45) is 5.01. The quantitative estimate of drug-likeness (QED) is 0.594. The number of hydrogen-bond donors (Lipinski definition) is 1. The molecule has 1 atom stereocenters. The Morgan fingerprint density at radius 3 is 2.57 bits per heavy atom. The van der Waals surface area contributed by atoms with Gasteiger partial charge in [-0.05, 0) is 46.0 Å².